The van der Waals surface area contributed by atoms with E-state index in [2.05, 4.69) is 20.6 Å². The van der Waals surface area contributed by atoms with Crippen molar-refractivity contribution >= 4 is 17.3 Å². The minimum Gasteiger partial charge on any atom is -0.376 e. The fourth-order valence-corrected chi connectivity index (χ4v) is 3.07. The van der Waals surface area contributed by atoms with E-state index < -0.39 is 4.92 Å². The molecule has 1 aromatic rings. The van der Waals surface area contributed by atoms with Crippen molar-refractivity contribution in [2.75, 3.05) is 23.8 Å². The first-order chi connectivity index (χ1) is 10.7. The van der Waals surface area contributed by atoms with Gasteiger partial charge in [0.1, 0.15) is 6.33 Å². The lowest BCUT2D eigenvalue weighted by molar-refractivity contribution is -0.383. The molecule has 1 saturated carbocycles. The number of anilines is 2. The Kier molecular flexibility index (Phi) is 4.67. The molecule has 2 heterocycles. The highest BCUT2D eigenvalue weighted by molar-refractivity contribution is 5.69. The van der Waals surface area contributed by atoms with E-state index in [-0.39, 0.29) is 23.7 Å². The van der Waals surface area contributed by atoms with Crippen LogP contribution >= 0.6 is 0 Å². The maximum Gasteiger partial charge on any atom is 0.353 e. The molecule has 8 heteroatoms. The Hall–Kier alpha value is -1.96. The normalized spacial score (nSPS) is 21.9. The molecular weight excluding hydrogens is 286 g/mol. The summed E-state index contributed by atoms with van der Waals surface area (Å²) in [5.41, 5.74) is -0.0765. The molecule has 1 aliphatic heterocycles. The summed E-state index contributed by atoms with van der Waals surface area (Å²) < 4.78 is 5.52. The number of rotatable bonds is 6. The van der Waals surface area contributed by atoms with Gasteiger partial charge in [0.15, 0.2) is 0 Å². The molecule has 22 heavy (non-hydrogen) atoms. The van der Waals surface area contributed by atoms with Crippen LogP contribution in [0.2, 0.25) is 0 Å². The molecule has 0 spiro atoms. The minimum atomic E-state index is -0.422. The summed E-state index contributed by atoms with van der Waals surface area (Å²) in [6.07, 6.45) is 7.83. The zero-order valence-corrected chi connectivity index (χ0v) is 12.5. The third-order valence-electron chi connectivity index (χ3n) is 4.22. The van der Waals surface area contributed by atoms with Crippen LogP contribution in [0, 0.1) is 10.1 Å². The summed E-state index contributed by atoms with van der Waals surface area (Å²) in [5, 5.41) is 17.7. The number of ether oxygens (including phenoxy) is 1. The molecule has 0 amide bonds. The zero-order valence-electron chi connectivity index (χ0n) is 12.5. The summed E-state index contributed by atoms with van der Waals surface area (Å²) in [6, 6.07) is 0.264. The Labute approximate surface area is 128 Å². The summed E-state index contributed by atoms with van der Waals surface area (Å²) in [6.45, 7) is 1.29. The van der Waals surface area contributed by atoms with Crippen molar-refractivity contribution in [3.05, 3.63) is 16.4 Å². The first-order valence-corrected chi connectivity index (χ1v) is 7.85. The molecule has 1 aromatic heterocycles. The smallest absolute Gasteiger partial charge is 0.353 e. The fourth-order valence-electron chi connectivity index (χ4n) is 3.07. The van der Waals surface area contributed by atoms with Gasteiger partial charge in [-0.15, -0.1) is 0 Å². The average molecular weight is 307 g/mol. The van der Waals surface area contributed by atoms with Crippen molar-refractivity contribution in [3.8, 4) is 0 Å². The lowest BCUT2D eigenvalue weighted by atomic mass is 10.2. The number of nitrogens with one attached hydrogen (secondary N) is 2. The van der Waals surface area contributed by atoms with E-state index >= 15 is 0 Å². The summed E-state index contributed by atoms with van der Waals surface area (Å²) in [5.74, 6) is 0.567. The van der Waals surface area contributed by atoms with Gasteiger partial charge in [0.2, 0.25) is 11.6 Å². The van der Waals surface area contributed by atoms with E-state index in [1.165, 1.54) is 6.33 Å². The molecule has 1 atom stereocenters. The van der Waals surface area contributed by atoms with Crippen LogP contribution in [0.4, 0.5) is 17.3 Å². The van der Waals surface area contributed by atoms with Gasteiger partial charge in [-0.05, 0) is 25.7 Å². The van der Waals surface area contributed by atoms with E-state index in [0.29, 0.717) is 12.4 Å². The van der Waals surface area contributed by atoms with Crippen LogP contribution in [0.15, 0.2) is 6.33 Å². The summed E-state index contributed by atoms with van der Waals surface area (Å²) in [4.78, 5) is 19.1. The molecule has 120 valence electrons. The SMILES string of the molecule is O=[N+]([O-])c1c(NCC2CCCO2)ncnc1NC1CCCC1. The van der Waals surface area contributed by atoms with Crippen LogP contribution < -0.4 is 10.6 Å². The number of hydrogen-bond donors (Lipinski definition) is 2. The maximum absolute atomic E-state index is 11.4. The monoisotopic (exact) mass is 307 g/mol. The zero-order chi connectivity index (χ0) is 15.4. The standard InChI is InChI=1S/C14H21N5O3/c20-19(21)12-13(15-8-11-6-3-7-22-11)16-9-17-14(12)18-10-4-1-2-5-10/h9-11H,1-8H2,(H2,15,16,17,18). The Bertz CT molecular complexity index is 527. The summed E-state index contributed by atoms with van der Waals surface area (Å²) in [7, 11) is 0. The predicted molar refractivity (Wildman–Crippen MR) is 82.0 cm³/mol. The Balaban J connectivity index is 1.74. The van der Waals surface area contributed by atoms with Gasteiger partial charge in [-0.2, -0.15) is 0 Å². The van der Waals surface area contributed by atoms with Crippen LogP contribution in [-0.2, 0) is 4.74 Å². The van der Waals surface area contributed by atoms with E-state index in [1.807, 2.05) is 0 Å². The minimum absolute atomic E-state index is 0.0765. The highest BCUT2D eigenvalue weighted by Crippen LogP contribution is 2.31. The van der Waals surface area contributed by atoms with Gasteiger partial charge in [-0.3, -0.25) is 10.1 Å². The molecule has 8 nitrogen and oxygen atoms in total. The van der Waals surface area contributed by atoms with Crippen LogP contribution in [-0.4, -0.2) is 40.2 Å². The highest BCUT2D eigenvalue weighted by Gasteiger charge is 2.26. The second-order valence-electron chi connectivity index (χ2n) is 5.82. The Morgan fingerprint density at radius 3 is 2.68 bits per heavy atom. The molecule has 2 N–H and O–H groups in total. The van der Waals surface area contributed by atoms with Crippen LogP contribution in [0.1, 0.15) is 38.5 Å². The Morgan fingerprint density at radius 1 is 1.23 bits per heavy atom. The van der Waals surface area contributed by atoms with Crippen LogP contribution in [0.5, 0.6) is 0 Å². The topological polar surface area (TPSA) is 102 Å². The highest BCUT2D eigenvalue weighted by atomic mass is 16.6. The number of nitro groups is 1. The van der Waals surface area contributed by atoms with Gasteiger partial charge in [0.25, 0.3) is 0 Å². The lowest BCUT2D eigenvalue weighted by Gasteiger charge is -2.15. The van der Waals surface area contributed by atoms with Crippen molar-refractivity contribution in [3.63, 3.8) is 0 Å². The third-order valence-corrected chi connectivity index (χ3v) is 4.22. The molecule has 1 unspecified atom stereocenters. The van der Waals surface area contributed by atoms with Crippen LogP contribution in [0.25, 0.3) is 0 Å². The number of aromatic nitrogens is 2. The average Bonchev–Trinajstić information content (AvgIpc) is 3.18. The van der Waals surface area contributed by atoms with E-state index in [9.17, 15) is 10.1 Å². The number of hydrogen-bond acceptors (Lipinski definition) is 7. The molecular formula is C14H21N5O3. The molecule has 0 radical (unpaired) electrons. The second kappa shape index (κ2) is 6.87. The van der Waals surface area contributed by atoms with E-state index in [1.54, 1.807) is 0 Å². The molecule has 3 rings (SSSR count). The molecule has 0 bridgehead atoms. The fraction of sp³-hybridized carbons (Fsp3) is 0.714. The Morgan fingerprint density at radius 2 is 2.00 bits per heavy atom. The predicted octanol–water partition coefficient (Wildman–Crippen LogP) is 2.33. The van der Waals surface area contributed by atoms with Crippen molar-refractivity contribution < 1.29 is 9.66 Å². The molecule has 1 saturated heterocycles. The molecule has 2 aliphatic rings. The van der Waals surface area contributed by atoms with Crippen molar-refractivity contribution in [1.82, 2.24) is 9.97 Å². The van der Waals surface area contributed by atoms with E-state index in [4.69, 9.17) is 4.74 Å². The third kappa shape index (κ3) is 3.44. The molecule has 0 aromatic carbocycles. The van der Waals surface area contributed by atoms with Crippen molar-refractivity contribution in [1.29, 1.82) is 0 Å². The van der Waals surface area contributed by atoms with Gasteiger partial charge in [-0.25, -0.2) is 9.97 Å². The van der Waals surface area contributed by atoms with E-state index in [0.717, 1.165) is 45.1 Å². The molecule has 2 fully saturated rings. The maximum atomic E-state index is 11.4. The largest absolute Gasteiger partial charge is 0.376 e. The van der Waals surface area contributed by atoms with Gasteiger partial charge < -0.3 is 15.4 Å². The summed E-state index contributed by atoms with van der Waals surface area (Å²) >= 11 is 0. The van der Waals surface area contributed by atoms with Crippen molar-refractivity contribution in [2.45, 2.75) is 50.7 Å². The first-order valence-electron chi connectivity index (χ1n) is 7.85. The van der Waals surface area contributed by atoms with Crippen LogP contribution in [0.3, 0.4) is 0 Å². The lowest BCUT2D eigenvalue weighted by Crippen LogP contribution is -2.21. The van der Waals surface area contributed by atoms with Gasteiger partial charge in [0.05, 0.1) is 11.0 Å². The molecule has 1 aliphatic carbocycles. The number of nitrogens with zero attached hydrogens (tertiary/aromatic N) is 3. The van der Waals surface area contributed by atoms with Gasteiger partial charge >= 0.3 is 5.69 Å². The second-order valence-corrected chi connectivity index (χ2v) is 5.82. The quantitative estimate of drug-likeness (QED) is 0.614. The van der Waals surface area contributed by atoms with Gasteiger partial charge in [-0.1, -0.05) is 12.8 Å². The van der Waals surface area contributed by atoms with Crippen molar-refractivity contribution in [2.24, 2.45) is 0 Å². The first kappa shape index (κ1) is 15.0. The van der Waals surface area contributed by atoms with Gasteiger partial charge in [0, 0.05) is 19.2 Å².